The maximum atomic E-state index is 11.6. The Bertz CT molecular complexity index is 957. The van der Waals surface area contributed by atoms with Crippen LogP contribution in [0.2, 0.25) is 0 Å². The number of hydrogen-bond donors (Lipinski definition) is 1. The Kier molecular flexibility index (Phi) is 7.77. The molecule has 4 rings (SSSR count). The number of carbonyl (C=O) groups excluding carboxylic acids is 2. The van der Waals surface area contributed by atoms with E-state index in [1.54, 1.807) is 19.4 Å². The molecule has 5 nitrogen and oxygen atoms in total. The third kappa shape index (κ3) is 6.25. The Labute approximate surface area is 217 Å². The highest BCUT2D eigenvalue weighted by Crippen LogP contribution is 2.69. The summed E-state index contributed by atoms with van der Waals surface area (Å²) in [5.74, 6) is 7.10. The summed E-state index contributed by atoms with van der Waals surface area (Å²) in [5, 5.41) is 10.0. The van der Waals surface area contributed by atoms with Gasteiger partial charge in [-0.25, -0.2) is 0 Å². The van der Waals surface area contributed by atoms with Gasteiger partial charge in [0.2, 0.25) is 0 Å². The molecule has 198 valence electrons. The van der Waals surface area contributed by atoms with Crippen LogP contribution < -0.4 is 0 Å². The van der Waals surface area contributed by atoms with E-state index in [0.717, 1.165) is 12.8 Å². The van der Waals surface area contributed by atoms with Gasteiger partial charge < -0.3 is 14.6 Å². The van der Waals surface area contributed by atoms with E-state index in [2.05, 4.69) is 30.9 Å². The molecule has 0 amide bonds. The number of fused-ring (bicyclic) bond motifs is 1. The zero-order chi connectivity index (χ0) is 26.1. The molecule has 4 saturated carbocycles. The van der Waals surface area contributed by atoms with Crippen LogP contribution in [0.5, 0.6) is 0 Å². The monoisotopic (exact) mass is 496 g/mol. The standard InChI is InChI=1S/C31H44O5/c1-21(32)35-25-18-23(19-26(20-25)36-22(2)33)9-10-24-8-6-14-30(5)27(24)11-12-28(30)31(16-17-31)15-7-13-29(3,4)34/h9-10,25-28,34H,6,8,11-12,14-20H2,1-5H3/b24-10+/t25-,26-,27+,28+,30+/m1/s1. The van der Waals surface area contributed by atoms with Crippen LogP contribution in [0.4, 0.5) is 0 Å². The van der Waals surface area contributed by atoms with Crippen LogP contribution >= 0.6 is 0 Å². The van der Waals surface area contributed by atoms with Gasteiger partial charge in [-0.15, -0.1) is 0 Å². The van der Waals surface area contributed by atoms with Crippen LogP contribution in [0.25, 0.3) is 0 Å². The molecule has 0 saturated heterocycles. The van der Waals surface area contributed by atoms with Crippen molar-refractivity contribution in [2.24, 2.45) is 22.7 Å². The molecule has 36 heavy (non-hydrogen) atoms. The third-order valence-electron chi connectivity index (χ3n) is 9.13. The first-order valence-corrected chi connectivity index (χ1v) is 13.9. The molecule has 4 aliphatic rings. The fourth-order valence-electron chi connectivity index (χ4n) is 7.63. The van der Waals surface area contributed by atoms with E-state index in [1.165, 1.54) is 57.9 Å². The Balaban J connectivity index is 1.50. The molecule has 0 heterocycles. The van der Waals surface area contributed by atoms with Gasteiger partial charge in [-0.2, -0.15) is 0 Å². The van der Waals surface area contributed by atoms with Gasteiger partial charge in [0.1, 0.15) is 17.8 Å². The Morgan fingerprint density at radius 2 is 1.69 bits per heavy atom. The van der Waals surface area contributed by atoms with E-state index in [-0.39, 0.29) is 24.1 Å². The molecular weight excluding hydrogens is 452 g/mol. The minimum atomic E-state index is -0.922. The largest absolute Gasteiger partial charge is 0.462 e. The van der Waals surface area contributed by atoms with Crippen molar-refractivity contribution in [2.45, 2.75) is 123 Å². The summed E-state index contributed by atoms with van der Waals surface area (Å²) in [7, 11) is 0. The van der Waals surface area contributed by atoms with Crippen molar-refractivity contribution in [1.82, 2.24) is 0 Å². The molecule has 0 aliphatic heterocycles. The van der Waals surface area contributed by atoms with Crippen LogP contribution in [0.15, 0.2) is 23.3 Å². The second kappa shape index (κ2) is 10.4. The number of ether oxygens (including phenoxy) is 2. The predicted octanol–water partition coefficient (Wildman–Crippen LogP) is 6.05. The zero-order valence-electron chi connectivity index (χ0n) is 22.8. The van der Waals surface area contributed by atoms with Gasteiger partial charge in [0.05, 0.1) is 0 Å². The van der Waals surface area contributed by atoms with Crippen molar-refractivity contribution < 1.29 is 24.2 Å². The van der Waals surface area contributed by atoms with Crippen molar-refractivity contribution in [2.75, 3.05) is 0 Å². The molecule has 0 aromatic rings. The van der Waals surface area contributed by atoms with E-state index < -0.39 is 5.60 Å². The van der Waals surface area contributed by atoms with Gasteiger partial charge in [-0.3, -0.25) is 9.59 Å². The molecule has 0 aromatic heterocycles. The van der Waals surface area contributed by atoms with Gasteiger partial charge in [0.25, 0.3) is 0 Å². The molecule has 0 aromatic carbocycles. The summed E-state index contributed by atoms with van der Waals surface area (Å²) in [6, 6.07) is 0. The minimum Gasteiger partial charge on any atom is -0.462 e. The van der Waals surface area contributed by atoms with Crippen molar-refractivity contribution in [3.63, 3.8) is 0 Å². The van der Waals surface area contributed by atoms with Crippen molar-refractivity contribution >= 4 is 11.9 Å². The van der Waals surface area contributed by atoms with E-state index in [1.807, 2.05) is 0 Å². The van der Waals surface area contributed by atoms with Crippen molar-refractivity contribution in [1.29, 1.82) is 0 Å². The second-order valence-corrected chi connectivity index (χ2v) is 12.6. The fraction of sp³-hybridized carbons (Fsp3) is 0.742. The quantitative estimate of drug-likeness (QED) is 0.371. The number of rotatable bonds is 5. The average molecular weight is 497 g/mol. The topological polar surface area (TPSA) is 72.8 Å². The summed E-state index contributed by atoms with van der Waals surface area (Å²) in [6.07, 6.45) is 15.6. The summed E-state index contributed by atoms with van der Waals surface area (Å²) in [4.78, 5) is 23.1. The lowest BCUT2D eigenvalue weighted by atomic mass is 9.59. The van der Waals surface area contributed by atoms with E-state index in [0.29, 0.717) is 41.9 Å². The Hall–Kier alpha value is -2.06. The fourth-order valence-corrected chi connectivity index (χ4v) is 7.63. The average Bonchev–Trinajstić information content (AvgIpc) is 3.43. The Morgan fingerprint density at radius 3 is 2.25 bits per heavy atom. The first kappa shape index (κ1) is 27.0. The Morgan fingerprint density at radius 1 is 1.06 bits per heavy atom. The summed E-state index contributed by atoms with van der Waals surface area (Å²) >= 11 is 0. The number of hydrogen-bond acceptors (Lipinski definition) is 5. The van der Waals surface area contributed by atoms with Crippen LogP contribution in [-0.2, 0) is 19.1 Å². The van der Waals surface area contributed by atoms with Gasteiger partial charge in [0, 0.05) is 39.5 Å². The van der Waals surface area contributed by atoms with Gasteiger partial charge in [-0.1, -0.05) is 42.1 Å². The molecule has 5 heteroatoms. The lowest BCUT2D eigenvalue weighted by molar-refractivity contribution is -0.154. The van der Waals surface area contributed by atoms with Crippen LogP contribution in [0.1, 0.15) is 105 Å². The minimum absolute atomic E-state index is 0.238. The zero-order valence-corrected chi connectivity index (χ0v) is 22.8. The lowest BCUT2D eigenvalue weighted by Gasteiger charge is -2.45. The second-order valence-electron chi connectivity index (χ2n) is 12.6. The number of allylic oxidation sites excluding steroid dienone is 3. The molecule has 0 bridgehead atoms. The third-order valence-corrected chi connectivity index (χ3v) is 9.13. The van der Waals surface area contributed by atoms with E-state index in [9.17, 15) is 14.7 Å². The number of carbonyl (C=O) groups is 2. The highest BCUT2D eigenvalue weighted by atomic mass is 16.6. The van der Waals surface area contributed by atoms with Gasteiger partial charge in [-0.05, 0) is 81.5 Å². The summed E-state index contributed by atoms with van der Waals surface area (Å²) in [5.41, 5.74) is 2.46. The van der Waals surface area contributed by atoms with Gasteiger partial charge >= 0.3 is 11.9 Å². The maximum absolute atomic E-state index is 11.6. The SMILES string of the molecule is CC(=O)O[C@@H]1CC(=C/C=C2\CCC[C@]3(C)[C@@H](C4(CC#CC(C)(C)O)CC4)CC[C@@H]23)C[C@@H](OC(C)=O)C1. The van der Waals surface area contributed by atoms with Crippen LogP contribution in [-0.4, -0.2) is 34.9 Å². The lowest BCUT2D eigenvalue weighted by Crippen LogP contribution is -2.37. The molecule has 1 N–H and O–H groups in total. The smallest absolute Gasteiger partial charge is 0.302 e. The predicted molar refractivity (Wildman–Crippen MR) is 140 cm³/mol. The normalized spacial score (nSPS) is 34.3. The number of aliphatic hydroxyl groups is 1. The maximum Gasteiger partial charge on any atom is 0.302 e. The number of esters is 2. The van der Waals surface area contributed by atoms with E-state index >= 15 is 0 Å². The molecule has 0 radical (unpaired) electrons. The summed E-state index contributed by atoms with van der Waals surface area (Å²) in [6.45, 7) is 8.90. The summed E-state index contributed by atoms with van der Waals surface area (Å²) < 4.78 is 11.0. The molecule has 0 unspecified atom stereocenters. The molecule has 0 spiro atoms. The molecular formula is C31H44O5. The first-order valence-electron chi connectivity index (χ1n) is 13.9. The molecule has 4 aliphatic carbocycles. The van der Waals surface area contributed by atoms with Crippen LogP contribution in [0, 0.1) is 34.5 Å². The highest BCUT2D eigenvalue weighted by molar-refractivity contribution is 5.67. The van der Waals surface area contributed by atoms with Crippen molar-refractivity contribution in [3.8, 4) is 11.8 Å². The molecule has 5 atom stereocenters. The van der Waals surface area contributed by atoms with E-state index in [4.69, 9.17) is 9.47 Å². The first-order chi connectivity index (χ1) is 16.9. The van der Waals surface area contributed by atoms with Crippen molar-refractivity contribution in [3.05, 3.63) is 23.3 Å². The highest BCUT2D eigenvalue weighted by Gasteiger charge is 2.60. The molecule has 4 fully saturated rings. The van der Waals surface area contributed by atoms with Gasteiger partial charge in [0.15, 0.2) is 0 Å². The van der Waals surface area contributed by atoms with Crippen LogP contribution in [0.3, 0.4) is 0 Å².